The van der Waals surface area contributed by atoms with Crippen LogP contribution in [0, 0.1) is 12.8 Å². The summed E-state index contributed by atoms with van der Waals surface area (Å²) in [6, 6.07) is 5.35. The molecule has 8 heteroatoms. The summed E-state index contributed by atoms with van der Waals surface area (Å²) in [6.45, 7) is 5.18. The average molecular weight is 387 g/mol. The minimum Gasteiger partial charge on any atom is -0.486 e. The lowest BCUT2D eigenvalue weighted by molar-refractivity contribution is -0.119. The van der Waals surface area contributed by atoms with E-state index in [1.807, 2.05) is 13.8 Å². The number of aryl methyl sites for hydroxylation is 1. The number of anilines is 1. The number of aromatic nitrogens is 2. The van der Waals surface area contributed by atoms with E-state index in [1.54, 1.807) is 22.8 Å². The van der Waals surface area contributed by atoms with Crippen molar-refractivity contribution in [3.8, 4) is 11.5 Å². The lowest BCUT2D eigenvalue weighted by Crippen LogP contribution is -2.38. The number of carbonyl (C=O) groups excluding carboxylic acids is 1. The van der Waals surface area contributed by atoms with Gasteiger partial charge < -0.3 is 14.8 Å². The average Bonchev–Trinajstić information content (AvgIpc) is 2.68. The molecule has 1 N–H and O–H groups in total. The molecule has 0 fully saturated rings. The molecule has 1 atom stereocenters. The Bertz CT molecular complexity index is 957. The molecule has 3 heterocycles. The molecule has 0 saturated carbocycles. The summed E-state index contributed by atoms with van der Waals surface area (Å²) >= 11 is 1.45. The van der Waals surface area contributed by atoms with Crippen molar-refractivity contribution in [2.24, 2.45) is 5.92 Å². The number of amides is 1. The molecule has 2 aromatic rings. The first-order valence-corrected chi connectivity index (χ1v) is 9.99. The maximum absolute atomic E-state index is 12.7. The van der Waals surface area contributed by atoms with Gasteiger partial charge in [0, 0.05) is 35.3 Å². The number of thioether (sulfide) groups is 1. The molecule has 0 aliphatic carbocycles. The van der Waals surface area contributed by atoms with Crippen LogP contribution in [0.3, 0.4) is 0 Å². The first kappa shape index (κ1) is 17.9. The van der Waals surface area contributed by atoms with Gasteiger partial charge in [-0.3, -0.25) is 14.2 Å². The van der Waals surface area contributed by atoms with Crippen molar-refractivity contribution in [1.29, 1.82) is 0 Å². The summed E-state index contributed by atoms with van der Waals surface area (Å²) in [5.41, 5.74) is 2.11. The maximum atomic E-state index is 12.7. The smallest absolute Gasteiger partial charge is 0.257 e. The Morgan fingerprint density at radius 1 is 1.33 bits per heavy atom. The molecular weight excluding hydrogens is 366 g/mol. The molecular formula is C19H21N3O4S. The van der Waals surface area contributed by atoms with E-state index in [9.17, 15) is 9.59 Å². The number of fused-ring (bicyclic) bond motifs is 2. The van der Waals surface area contributed by atoms with Crippen molar-refractivity contribution in [2.75, 3.05) is 24.3 Å². The molecule has 27 heavy (non-hydrogen) atoms. The fraction of sp³-hybridized carbons (Fsp3) is 0.421. The zero-order chi connectivity index (χ0) is 19.0. The van der Waals surface area contributed by atoms with Crippen LogP contribution in [0.15, 0.2) is 28.2 Å². The predicted octanol–water partition coefficient (Wildman–Crippen LogP) is 2.25. The van der Waals surface area contributed by atoms with E-state index in [0.29, 0.717) is 59.8 Å². The van der Waals surface area contributed by atoms with Crippen LogP contribution in [-0.4, -0.2) is 34.4 Å². The van der Waals surface area contributed by atoms with E-state index in [1.165, 1.54) is 11.8 Å². The van der Waals surface area contributed by atoms with Gasteiger partial charge in [-0.05, 0) is 25.5 Å². The second-order valence-electron chi connectivity index (χ2n) is 6.58. The zero-order valence-corrected chi connectivity index (χ0v) is 16.1. The molecule has 0 unspecified atom stereocenters. The van der Waals surface area contributed by atoms with Crippen molar-refractivity contribution >= 4 is 23.4 Å². The highest BCUT2D eigenvalue weighted by Gasteiger charge is 2.28. The normalized spacial score (nSPS) is 17.9. The summed E-state index contributed by atoms with van der Waals surface area (Å²) in [5, 5.41) is 3.62. The van der Waals surface area contributed by atoms with E-state index in [2.05, 4.69) is 10.3 Å². The second kappa shape index (κ2) is 7.26. The second-order valence-corrected chi connectivity index (χ2v) is 7.57. The third-order valence-corrected chi connectivity index (χ3v) is 5.92. The Morgan fingerprint density at radius 2 is 2.11 bits per heavy atom. The van der Waals surface area contributed by atoms with Gasteiger partial charge in [-0.1, -0.05) is 18.7 Å². The van der Waals surface area contributed by atoms with Crippen LogP contribution in [0.4, 0.5) is 5.69 Å². The minimum atomic E-state index is -0.303. The zero-order valence-electron chi connectivity index (χ0n) is 15.3. The number of hydrogen-bond donors (Lipinski definition) is 1. The van der Waals surface area contributed by atoms with Gasteiger partial charge in [0.25, 0.3) is 5.56 Å². The van der Waals surface area contributed by atoms with Gasteiger partial charge in [-0.15, -0.1) is 0 Å². The van der Waals surface area contributed by atoms with Crippen LogP contribution in [-0.2, 0) is 17.8 Å². The Balaban J connectivity index is 1.52. The van der Waals surface area contributed by atoms with E-state index in [-0.39, 0.29) is 17.4 Å². The molecule has 4 rings (SSSR count). The van der Waals surface area contributed by atoms with E-state index in [4.69, 9.17) is 9.47 Å². The Morgan fingerprint density at radius 3 is 2.89 bits per heavy atom. The molecule has 142 valence electrons. The highest BCUT2D eigenvalue weighted by molar-refractivity contribution is 7.99. The number of ether oxygens (including phenoxy) is 2. The molecule has 2 aliphatic rings. The van der Waals surface area contributed by atoms with E-state index < -0.39 is 0 Å². The fourth-order valence-corrected chi connectivity index (χ4v) is 4.45. The number of benzene rings is 1. The highest BCUT2D eigenvalue weighted by Crippen LogP contribution is 2.33. The topological polar surface area (TPSA) is 82.5 Å². The van der Waals surface area contributed by atoms with Gasteiger partial charge in [-0.2, -0.15) is 0 Å². The van der Waals surface area contributed by atoms with E-state index >= 15 is 0 Å². The Labute approximate surface area is 161 Å². The molecule has 0 saturated heterocycles. The molecule has 1 aromatic heterocycles. The lowest BCUT2D eigenvalue weighted by atomic mass is 10.1. The van der Waals surface area contributed by atoms with Crippen molar-refractivity contribution in [2.45, 2.75) is 32.0 Å². The van der Waals surface area contributed by atoms with Gasteiger partial charge >= 0.3 is 0 Å². The third kappa shape index (κ3) is 3.41. The standard InChI is InChI=1S/C19H21N3O4S/c1-3-14-11(2)20-19-22(18(14)24)9-12(10-27-19)17(23)21-13-4-5-15-16(8-13)26-7-6-25-15/h4-5,8,12H,3,6-7,9-10H2,1-2H3,(H,21,23)/t12-/m0/s1. The number of nitrogens with zero attached hydrogens (tertiary/aromatic N) is 2. The minimum absolute atomic E-state index is 0.0377. The molecule has 2 aliphatic heterocycles. The van der Waals surface area contributed by atoms with E-state index in [0.717, 1.165) is 5.69 Å². The fourth-order valence-electron chi connectivity index (χ4n) is 3.33. The Hall–Kier alpha value is -2.48. The van der Waals surface area contributed by atoms with Gasteiger partial charge in [0.1, 0.15) is 13.2 Å². The largest absolute Gasteiger partial charge is 0.486 e. The first-order valence-electron chi connectivity index (χ1n) is 9.00. The van der Waals surface area contributed by atoms with Gasteiger partial charge in [0.15, 0.2) is 16.7 Å². The maximum Gasteiger partial charge on any atom is 0.257 e. The predicted molar refractivity (Wildman–Crippen MR) is 103 cm³/mol. The van der Waals surface area contributed by atoms with Crippen LogP contribution in [0.2, 0.25) is 0 Å². The summed E-state index contributed by atoms with van der Waals surface area (Å²) in [7, 11) is 0. The Kier molecular flexibility index (Phi) is 4.82. The van der Waals surface area contributed by atoms with Crippen LogP contribution in [0.1, 0.15) is 18.2 Å². The molecule has 1 amide bonds. The third-order valence-electron chi connectivity index (χ3n) is 4.78. The SMILES string of the molecule is CCc1c(C)nc2n(c1=O)C[C@H](C(=O)Nc1ccc3c(c1)OCCO3)CS2. The molecule has 0 radical (unpaired) electrons. The van der Waals surface area contributed by atoms with Gasteiger partial charge in [0.2, 0.25) is 5.91 Å². The molecule has 1 aromatic carbocycles. The number of hydrogen-bond acceptors (Lipinski definition) is 6. The first-order chi connectivity index (χ1) is 13.1. The lowest BCUT2D eigenvalue weighted by Gasteiger charge is -2.25. The van der Waals surface area contributed by atoms with Crippen LogP contribution in [0.5, 0.6) is 11.5 Å². The quantitative estimate of drug-likeness (QED) is 0.814. The van der Waals surface area contributed by atoms with Gasteiger partial charge in [-0.25, -0.2) is 4.98 Å². The number of rotatable bonds is 3. The van der Waals surface area contributed by atoms with Crippen molar-refractivity contribution in [3.63, 3.8) is 0 Å². The highest BCUT2D eigenvalue weighted by atomic mass is 32.2. The molecule has 0 spiro atoms. The number of carbonyl (C=O) groups is 1. The molecule has 0 bridgehead atoms. The van der Waals surface area contributed by atoms with Crippen LogP contribution in [0.25, 0.3) is 0 Å². The van der Waals surface area contributed by atoms with Gasteiger partial charge in [0.05, 0.1) is 5.92 Å². The summed E-state index contributed by atoms with van der Waals surface area (Å²) < 4.78 is 12.7. The van der Waals surface area contributed by atoms with Crippen molar-refractivity contribution in [1.82, 2.24) is 9.55 Å². The van der Waals surface area contributed by atoms with Crippen LogP contribution >= 0.6 is 11.8 Å². The summed E-state index contributed by atoms with van der Waals surface area (Å²) in [6.07, 6.45) is 0.636. The van der Waals surface area contributed by atoms with Crippen molar-refractivity contribution in [3.05, 3.63) is 39.8 Å². The summed E-state index contributed by atoms with van der Waals surface area (Å²) in [4.78, 5) is 30.0. The van der Waals surface area contributed by atoms with Crippen LogP contribution < -0.4 is 20.3 Å². The molecule has 7 nitrogen and oxygen atoms in total. The monoisotopic (exact) mass is 387 g/mol. The number of nitrogens with one attached hydrogen (secondary N) is 1. The summed E-state index contributed by atoms with van der Waals surface area (Å²) in [5.74, 6) is 1.48. The van der Waals surface area contributed by atoms with Crippen molar-refractivity contribution < 1.29 is 14.3 Å².